The van der Waals surface area contributed by atoms with Gasteiger partial charge in [-0.1, -0.05) is 19.1 Å². The molecular weight excluding hydrogens is 288 g/mol. The average Bonchev–Trinajstić information content (AvgIpc) is 3.42. The van der Waals surface area contributed by atoms with Gasteiger partial charge < -0.3 is 15.4 Å². The fourth-order valence-corrected chi connectivity index (χ4v) is 3.92. The molecule has 4 heteroatoms. The molecule has 2 aliphatic carbocycles. The van der Waals surface area contributed by atoms with Crippen LogP contribution >= 0.6 is 0 Å². The van der Waals surface area contributed by atoms with Crippen molar-refractivity contribution in [3.8, 4) is 5.75 Å². The SMILES string of the molecule is CCc1ccc(OCC2(NC(=O)C3C4CNCC43)CC2)c(C)c1. The molecule has 2 unspecified atom stereocenters. The zero-order chi connectivity index (χ0) is 16.0. The van der Waals surface area contributed by atoms with Gasteiger partial charge in [0.05, 0.1) is 5.54 Å². The van der Waals surface area contributed by atoms with Crippen molar-refractivity contribution in [3.63, 3.8) is 0 Å². The molecule has 0 bridgehead atoms. The molecule has 1 amide bonds. The van der Waals surface area contributed by atoms with E-state index in [4.69, 9.17) is 4.74 Å². The van der Waals surface area contributed by atoms with Crippen LogP contribution in [0.25, 0.3) is 0 Å². The van der Waals surface area contributed by atoms with Crippen molar-refractivity contribution < 1.29 is 9.53 Å². The highest BCUT2D eigenvalue weighted by Crippen LogP contribution is 2.49. The molecule has 3 fully saturated rings. The predicted molar refractivity (Wildman–Crippen MR) is 89.5 cm³/mol. The van der Waals surface area contributed by atoms with Crippen LogP contribution in [0.1, 0.15) is 30.9 Å². The highest BCUT2D eigenvalue weighted by Gasteiger charge is 2.58. The molecule has 124 valence electrons. The maximum Gasteiger partial charge on any atom is 0.224 e. The molecule has 4 nitrogen and oxygen atoms in total. The van der Waals surface area contributed by atoms with E-state index in [1.807, 2.05) is 0 Å². The number of nitrogens with one attached hydrogen (secondary N) is 2. The molecule has 2 saturated carbocycles. The van der Waals surface area contributed by atoms with E-state index >= 15 is 0 Å². The van der Waals surface area contributed by atoms with Crippen molar-refractivity contribution in [3.05, 3.63) is 29.3 Å². The van der Waals surface area contributed by atoms with Crippen molar-refractivity contribution in [1.82, 2.24) is 10.6 Å². The van der Waals surface area contributed by atoms with Gasteiger partial charge in [0.15, 0.2) is 0 Å². The average molecular weight is 314 g/mol. The summed E-state index contributed by atoms with van der Waals surface area (Å²) in [5.74, 6) is 2.60. The van der Waals surface area contributed by atoms with Gasteiger partial charge in [0.25, 0.3) is 0 Å². The van der Waals surface area contributed by atoms with Crippen LogP contribution in [-0.2, 0) is 11.2 Å². The third-order valence-corrected chi connectivity index (χ3v) is 5.79. The van der Waals surface area contributed by atoms with Crippen LogP contribution in [0.5, 0.6) is 5.75 Å². The van der Waals surface area contributed by atoms with E-state index in [0.29, 0.717) is 18.4 Å². The molecule has 23 heavy (non-hydrogen) atoms. The van der Waals surface area contributed by atoms with Crippen molar-refractivity contribution in [1.29, 1.82) is 0 Å². The van der Waals surface area contributed by atoms with E-state index in [0.717, 1.165) is 38.1 Å². The Balaban J connectivity index is 1.33. The molecule has 0 aromatic heterocycles. The van der Waals surface area contributed by atoms with Crippen molar-refractivity contribution >= 4 is 5.91 Å². The highest BCUT2D eigenvalue weighted by molar-refractivity contribution is 5.83. The maximum absolute atomic E-state index is 12.4. The molecule has 1 saturated heterocycles. The Bertz CT molecular complexity index is 614. The molecule has 3 aliphatic rings. The fraction of sp³-hybridized carbons (Fsp3) is 0.632. The van der Waals surface area contributed by atoms with Gasteiger partial charge in [0, 0.05) is 5.92 Å². The van der Waals surface area contributed by atoms with Crippen LogP contribution in [0, 0.1) is 24.7 Å². The number of ether oxygens (including phenoxy) is 1. The van der Waals surface area contributed by atoms with Crippen LogP contribution < -0.4 is 15.4 Å². The summed E-state index contributed by atoms with van der Waals surface area (Å²) in [6.45, 7) is 6.85. The van der Waals surface area contributed by atoms with Crippen molar-refractivity contribution in [2.75, 3.05) is 19.7 Å². The third kappa shape index (κ3) is 2.85. The van der Waals surface area contributed by atoms with E-state index in [9.17, 15) is 4.79 Å². The fourth-order valence-electron chi connectivity index (χ4n) is 3.92. The van der Waals surface area contributed by atoms with Crippen molar-refractivity contribution in [2.24, 2.45) is 17.8 Å². The van der Waals surface area contributed by atoms with Gasteiger partial charge >= 0.3 is 0 Å². The summed E-state index contributed by atoms with van der Waals surface area (Å²) in [4.78, 5) is 12.4. The van der Waals surface area contributed by atoms with Gasteiger partial charge in [-0.3, -0.25) is 4.79 Å². The summed E-state index contributed by atoms with van der Waals surface area (Å²) >= 11 is 0. The Hall–Kier alpha value is -1.55. The zero-order valence-electron chi connectivity index (χ0n) is 14.0. The van der Waals surface area contributed by atoms with E-state index in [-0.39, 0.29) is 17.4 Å². The smallest absolute Gasteiger partial charge is 0.224 e. The number of carbonyl (C=O) groups is 1. The number of hydrogen-bond donors (Lipinski definition) is 2. The molecule has 2 atom stereocenters. The van der Waals surface area contributed by atoms with Gasteiger partial charge in [0.2, 0.25) is 5.91 Å². The second-order valence-corrected chi connectivity index (χ2v) is 7.52. The topological polar surface area (TPSA) is 50.4 Å². The van der Waals surface area contributed by atoms with Crippen LogP contribution in [0.4, 0.5) is 0 Å². The zero-order valence-corrected chi connectivity index (χ0v) is 14.0. The molecule has 1 aromatic rings. The van der Waals surface area contributed by atoms with Gasteiger partial charge in [-0.2, -0.15) is 0 Å². The molecule has 1 aromatic carbocycles. The molecule has 2 N–H and O–H groups in total. The van der Waals surface area contributed by atoms with Gasteiger partial charge in [0.1, 0.15) is 12.4 Å². The largest absolute Gasteiger partial charge is 0.491 e. The Morgan fingerprint density at radius 3 is 2.70 bits per heavy atom. The van der Waals surface area contributed by atoms with E-state index in [1.54, 1.807) is 0 Å². The second kappa shape index (κ2) is 5.52. The van der Waals surface area contributed by atoms with E-state index in [2.05, 4.69) is 42.7 Å². The number of amides is 1. The summed E-state index contributed by atoms with van der Waals surface area (Å²) in [5, 5.41) is 6.62. The quantitative estimate of drug-likeness (QED) is 0.845. The number of carbonyl (C=O) groups excluding carboxylic acids is 1. The minimum atomic E-state index is -0.114. The Morgan fingerprint density at radius 2 is 2.09 bits per heavy atom. The lowest BCUT2D eigenvalue weighted by Crippen LogP contribution is -2.43. The summed E-state index contributed by atoms with van der Waals surface area (Å²) in [7, 11) is 0. The Morgan fingerprint density at radius 1 is 1.35 bits per heavy atom. The third-order valence-electron chi connectivity index (χ3n) is 5.79. The lowest BCUT2D eigenvalue weighted by Gasteiger charge is -2.20. The summed E-state index contributed by atoms with van der Waals surface area (Å²) in [5.41, 5.74) is 2.39. The maximum atomic E-state index is 12.4. The molecule has 1 heterocycles. The second-order valence-electron chi connectivity index (χ2n) is 7.52. The molecule has 4 rings (SSSR count). The normalized spacial score (nSPS) is 29.7. The first kappa shape index (κ1) is 15.0. The minimum Gasteiger partial charge on any atom is -0.491 e. The lowest BCUT2D eigenvalue weighted by atomic mass is 10.1. The van der Waals surface area contributed by atoms with Crippen LogP contribution in [-0.4, -0.2) is 31.1 Å². The summed E-state index contributed by atoms with van der Waals surface area (Å²) in [6.07, 6.45) is 3.11. The van der Waals surface area contributed by atoms with Gasteiger partial charge in [-0.15, -0.1) is 0 Å². The summed E-state index contributed by atoms with van der Waals surface area (Å²) < 4.78 is 6.03. The van der Waals surface area contributed by atoms with E-state index < -0.39 is 0 Å². The minimum absolute atomic E-state index is 0.114. The molecular formula is C19H26N2O2. The monoisotopic (exact) mass is 314 g/mol. The van der Waals surface area contributed by atoms with E-state index in [1.165, 1.54) is 11.1 Å². The first-order valence-electron chi connectivity index (χ1n) is 8.87. The molecule has 0 spiro atoms. The Kier molecular flexibility index (Phi) is 3.60. The molecule has 1 aliphatic heterocycles. The van der Waals surface area contributed by atoms with Gasteiger partial charge in [-0.05, 0) is 68.3 Å². The number of hydrogen-bond acceptors (Lipinski definition) is 3. The summed E-state index contributed by atoms with van der Waals surface area (Å²) in [6, 6.07) is 6.37. The lowest BCUT2D eigenvalue weighted by molar-refractivity contribution is -0.124. The van der Waals surface area contributed by atoms with Crippen LogP contribution in [0.15, 0.2) is 18.2 Å². The van der Waals surface area contributed by atoms with Gasteiger partial charge in [-0.25, -0.2) is 0 Å². The predicted octanol–water partition coefficient (Wildman–Crippen LogP) is 2.05. The van der Waals surface area contributed by atoms with Crippen molar-refractivity contribution in [2.45, 2.75) is 38.6 Å². The highest BCUT2D eigenvalue weighted by atomic mass is 16.5. The number of aryl methyl sites for hydroxylation is 2. The first-order valence-corrected chi connectivity index (χ1v) is 8.87. The first-order chi connectivity index (χ1) is 11.1. The number of rotatable bonds is 6. The Labute approximate surface area is 138 Å². The standard InChI is InChI=1S/C19H26N2O2/c1-3-13-4-5-16(12(2)8-13)23-11-19(6-7-19)21-18(22)17-14-9-20-10-15(14)17/h4-5,8,14-15,17,20H,3,6-7,9-11H2,1-2H3,(H,21,22). The number of benzene rings is 1. The number of fused-ring (bicyclic) bond motifs is 1. The molecule has 0 radical (unpaired) electrons. The van der Waals surface area contributed by atoms with Crippen LogP contribution in [0.3, 0.4) is 0 Å². The number of piperidine rings is 1. The van der Waals surface area contributed by atoms with Crippen LogP contribution in [0.2, 0.25) is 0 Å².